The Morgan fingerprint density at radius 1 is 1.20 bits per heavy atom. The molecule has 0 saturated carbocycles. The van der Waals surface area contributed by atoms with Crippen LogP contribution in [-0.2, 0) is 6.42 Å². The third kappa shape index (κ3) is 2.12. The Balaban J connectivity index is 1.99. The van der Waals surface area contributed by atoms with E-state index in [4.69, 9.17) is 20.8 Å². The van der Waals surface area contributed by atoms with Gasteiger partial charge in [-0.05, 0) is 50.5 Å². The lowest BCUT2D eigenvalue weighted by Crippen LogP contribution is -2.05. The van der Waals surface area contributed by atoms with Crippen molar-refractivity contribution in [3.05, 3.63) is 52.0 Å². The van der Waals surface area contributed by atoms with E-state index in [2.05, 4.69) is 26.0 Å². The summed E-state index contributed by atoms with van der Waals surface area (Å²) in [6.07, 6.45) is 1.21. The zero-order chi connectivity index (χ0) is 14.4. The summed E-state index contributed by atoms with van der Waals surface area (Å²) in [5.41, 5.74) is 4.59. The summed E-state index contributed by atoms with van der Waals surface area (Å²) in [4.78, 5) is 0. The van der Waals surface area contributed by atoms with Gasteiger partial charge in [0, 0.05) is 12.0 Å². The molecule has 106 valence electrons. The second kappa shape index (κ2) is 4.85. The van der Waals surface area contributed by atoms with Crippen LogP contribution in [0.3, 0.4) is 0 Å². The molecular weight excluding hydrogens is 272 g/mol. The standard InChI is InChI=1S/C17H19ClO2/c1-9-7-14-8-13(5-6-15(14)19-9)17(18)16-10(2)11(3)20-12(16)4/h5-6,8-9,17H,7H2,1-4H3. The maximum atomic E-state index is 6.69. The highest BCUT2D eigenvalue weighted by atomic mass is 35.5. The highest BCUT2D eigenvalue weighted by Gasteiger charge is 2.24. The molecule has 0 fully saturated rings. The fraction of sp³-hybridized carbons (Fsp3) is 0.412. The van der Waals surface area contributed by atoms with Gasteiger partial charge < -0.3 is 9.15 Å². The lowest BCUT2D eigenvalue weighted by molar-refractivity contribution is 0.254. The molecule has 3 heteroatoms. The van der Waals surface area contributed by atoms with Crippen molar-refractivity contribution in [2.45, 2.75) is 45.6 Å². The first kappa shape index (κ1) is 13.6. The van der Waals surface area contributed by atoms with Gasteiger partial charge in [0.05, 0.1) is 5.38 Å². The molecule has 20 heavy (non-hydrogen) atoms. The number of hydrogen-bond donors (Lipinski definition) is 0. The first-order chi connectivity index (χ1) is 9.47. The fourth-order valence-electron chi connectivity index (χ4n) is 2.95. The number of furan rings is 1. The van der Waals surface area contributed by atoms with Gasteiger partial charge in [-0.2, -0.15) is 0 Å². The number of benzene rings is 1. The highest BCUT2D eigenvalue weighted by Crippen LogP contribution is 2.39. The van der Waals surface area contributed by atoms with Crippen molar-refractivity contribution in [1.29, 1.82) is 0 Å². The average Bonchev–Trinajstić information content (AvgIpc) is 2.87. The molecule has 1 aliphatic rings. The molecule has 2 unspecified atom stereocenters. The molecule has 2 heterocycles. The van der Waals surface area contributed by atoms with E-state index in [-0.39, 0.29) is 11.5 Å². The summed E-state index contributed by atoms with van der Waals surface area (Å²) in [6.45, 7) is 8.11. The van der Waals surface area contributed by atoms with E-state index in [9.17, 15) is 0 Å². The van der Waals surface area contributed by atoms with E-state index in [1.165, 1.54) is 5.56 Å². The van der Waals surface area contributed by atoms with Gasteiger partial charge >= 0.3 is 0 Å². The smallest absolute Gasteiger partial charge is 0.123 e. The van der Waals surface area contributed by atoms with Crippen LogP contribution >= 0.6 is 11.6 Å². The summed E-state index contributed by atoms with van der Waals surface area (Å²) in [6, 6.07) is 6.24. The van der Waals surface area contributed by atoms with E-state index in [0.717, 1.165) is 40.4 Å². The first-order valence-electron chi connectivity index (χ1n) is 6.97. The Bertz CT molecular complexity index is 657. The molecule has 0 aliphatic carbocycles. The van der Waals surface area contributed by atoms with Crippen molar-refractivity contribution in [2.24, 2.45) is 0 Å². The molecule has 0 saturated heterocycles. The molecule has 0 spiro atoms. The first-order valence-corrected chi connectivity index (χ1v) is 7.41. The fourth-order valence-corrected chi connectivity index (χ4v) is 3.40. The molecule has 2 nitrogen and oxygen atoms in total. The summed E-state index contributed by atoms with van der Waals surface area (Å²) >= 11 is 6.69. The van der Waals surface area contributed by atoms with E-state index < -0.39 is 0 Å². The molecule has 3 rings (SSSR count). The minimum absolute atomic E-state index is 0.173. The van der Waals surface area contributed by atoms with Crippen LogP contribution < -0.4 is 4.74 Å². The third-order valence-corrected chi connectivity index (χ3v) is 4.55. The molecule has 1 aliphatic heterocycles. The van der Waals surface area contributed by atoms with Gasteiger partial charge in [-0.25, -0.2) is 0 Å². The van der Waals surface area contributed by atoms with E-state index >= 15 is 0 Å². The number of fused-ring (bicyclic) bond motifs is 1. The molecule has 1 aromatic carbocycles. The number of ether oxygens (including phenoxy) is 1. The Labute approximate surface area is 124 Å². The summed E-state index contributed by atoms with van der Waals surface area (Å²) in [7, 11) is 0. The summed E-state index contributed by atoms with van der Waals surface area (Å²) < 4.78 is 11.4. The molecule has 2 aromatic rings. The van der Waals surface area contributed by atoms with Crippen LogP contribution in [-0.4, -0.2) is 6.10 Å². The third-order valence-electron chi connectivity index (χ3n) is 4.08. The normalized spacial score (nSPS) is 18.8. The molecule has 0 amide bonds. The van der Waals surface area contributed by atoms with Gasteiger partial charge in [0.1, 0.15) is 23.4 Å². The van der Waals surface area contributed by atoms with Crippen LogP contribution in [0, 0.1) is 20.8 Å². The lowest BCUT2D eigenvalue weighted by atomic mass is 9.98. The van der Waals surface area contributed by atoms with E-state index in [1.807, 2.05) is 19.9 Å². The second-order valence-electron chi connectivity index (χ2n) is 5.62. The van der Waals surface area contributed by atoms with Crippen molar-refractivity contribution in [3.63, 3.8) is 0 Å². The van der Waals surface area contributed by atoms with Gasteiger partial charge in [0.25, 0.3) is 0 Å². The van der Waals surface area contributed by atoms with Gasteiger partial charge in [-0.15, -0.1) is 11.6 Å². The number of rotatable bonds is 2. The van der Waals surface area contributed by atoms with E-state index in [0.29, 0.717) is 0 Å². The quantitative estimate of drug-likeness (QED) is 0.737. The Morgan fingerprint density at radius 2 is 1.95 bits per heavy atom. The predicted octanol–water partition coefficient (Wildman–Crippen LogP) is 4.86. The van der Waals surface area contributed by atoms with Gasteiger partial charge in [0.15, 0.2) is 0 Å². The van der Waals surface area contributed by atoms with Crippen molar-refractivity contribution in [1.82, 2.24) is 0 Å². The minimum atomic E-state index is -0.173. The number of alkyl halides is 1. The maximum Gasteiger partial charge on any atom is 0.123 e. The maximum absolute atomic E-state index is 6.69. The van der Waals surface area contributed by atoms with Crippen LogP contribution in [0.15, 0.2) is 22.6 Å². The zero-order valence-electron chi connectivity index (χ0n) is 12.3. The van der Waals surface area contributed by atoms with E-state index in [1.54, 1.807) is 0 Å². The van der Waals surface area contributed by atoms with Crippen molar-refractivity contribution < 1.29 is 9.15 Å². The van der Waals surface area contributed by atoms with Gasteiger partial charge in [-0.3, -0.25) is 0 Å². The molecule has 2 atom stereocenters. The molecule has 0 bridgehead atoms. The van der Waals surface area contributed by atoms with Crippen molar-refractivity contribution in [3.8, 4) is 5.75 Å². The summed E-state index contributed by atoms with van der Waals surface area (Å²) in [5.74, 6) is 2.84. The Hall–Kier alpha value is -1.41. The lowest BCUT2D eigenvalue weighted by Gasteiger charge is -2.12. The second-order valence-corrected chi connectivity index (χ2v) is 6.05. The monoisotopic (exact) mass is 290 g/mol. The molecule has 0 N–H and O–H groups in total. The summed E-state index contributed by atoms with van der Waals surface area (Å²) in [5, 5.41) is -0.173. The molecule has 0 radical (unpaired) electrons. The largest absolute Gasteiger partial charge is 0.490 e. The topological polar surface area (TPSA) is 22.4 Å². The number of halogens is 1. The average molecular weight is 291 g/mol. The van der Waals surface area contributed by atoms with Crippen LogP contribution in [0.2, 0.25) is 0 Å². The Kier molecular flexibility index (Phi) is 3.29. The van der Waals surface area contributed by atoms with Gasteiger partial charge in [-0.1, -0.05) is 12.1 Å². The number of hydrogen-bond acceptors (Lipinski definition) is 2. The van der Waals surface area contributed by atoms with Crippen LogP contribution in [0.1, 0.15) is 46.1 Å². The van der Waals surface area contributed by atoms with Crippen molar-refractivity contribution >= 4 is 11.6 Å². The minimum Gasteiger partial charge on any atom is -0.490 e. The molecular formula is C17H19ClO2. The zero-order valence-corrected chi connectivity index (χ0v) is 13.0. The highest BCUT2D eigenvalue weighted by molar-refractivity contribution is 6.22. The Morgan fingerprint density at radius 3 is 2.60 bits per heavy atom. The van der Waals surface area contributed by atoms with Crippen LogP contribution in [0.25, 0.3) is 0 Å². The predicted molar refractivity (Wildman–Crippen MR) is 80.9 cm³/mol. The van der Waals surface area contributed by atoms with Crippen molar-refractivity contribution in [2.75, 3.05) is 0 Å². The molecule has 1 aromatic heterocycles. The number of aryl methyl sites for hydroxylation is 2. The van der Waals surface area contributed by atoms with Crippen LogP contribution in [0.4, 0.5) is 0 Å². The van der Waals surface area contributed by atoms with Gasteiger partial charge in [0.2, 0.25) is 0 Å². The SMILES string of the molecule is Cc1oc(C)c(C(Cl)c2ccc3c(c2)CC(C)O3)c1C. The van der Waals surface area contributed by atoms with Crippen LogP contribution in [0.5, 0.6) is 5.75 Å².